The predicted molar refractivity (Wildman–Crippen MR) is 59.4 cm³/mol. The SMILES string of the molecule is O=C(O)CCCC(=O)Nc1ccc(Cl)s1. The number of aliphatic carboxylic acids is 1. The highest BCUT2D eigenvalue weighted by molar-refractivity contribution is 7.20. The maximum Gasteiger partial charge on any atom is 0.303 e. The lowest BCUT2D eigenvalue weighted by Crippen LogP contribution is -2.10. The molecule has 2 N–H and O–H groups in total. The molecule has 0 aliphatic heterocycles. The number of carboxylic acids is 1. The summed E-state index contributed by atoms with van der Waals surface area (Å²) in [6.45, 7) is 0. The monoisotopic (exact) mass is 247 g/mol. The summed E-state index contributed by atoms with van der Waals surface area (Å²) in [5.41, 5.74) is 0. The first-order valence-corrected chi connectivity index (χ1v) is 5.54. The number of nitrogens with one attached hydrogen (secondary N) is 1. The van der Waals surface area contributed by atoms with E-state index >= 15 is 0 Å². The Hall–Kier alpha value is -1.07. The number of carbonyl (C=O) groups is 2. The van der Waals surface area contributed by atoms with Gasteiger partial charge in [0.1, 0.15) is 0 Å². The molecule has 82 valence electrons. The molecule has 0 atom stereocenters. The molecule has 1 rings (SSSR count). The maximum atomic E-state index is 11.3. The molecule has 0 fully saturated rings. The molecular weight excluding hydrogens is 238 g/mol. The average molecular weight is 248 g/mol. The van der Waals surface area contributed by atoms with Crippen LogP contribution < -0.4 is 5.32 Å². The summed E-state index contributed by atoms with van der Waals surface area (Å²) in [5, 5.41) is 11.7. The van der Waals surface area contributed by atoms with Gasteiger partial charge >= 0.3 is 5.97 Å². The Morgan fingerprint density at radius 3 is 2.67 bits per heavy atom. The van der Waals surface area contributed by atoms with E-state index in [1.807, 2.05) is 0 Å². The van der Waals surface area contributed by atoms with Gasteiger partial charge in [0.25, 0.3) is 0 Å². The van der Waals surface area contributed by atoms with Crippen molar-refractivity contribution in [1.29, 1.82) is 0 Å². The predicted octanol–water partition coefficient (Wildman–Crippen LogP) is 2.59. The Labute approximate surface area is 95.9 Å². The van der Waals surface area contributed by atoms with Crippen LogP contribution in [0.2, 0.25) is 4.34 Å². The van der Waals surface area contributed by atoms with Crippen molar-refractivity contribution < 1.29 is 14.7 Å². The van der Waals surface area contributed by atoms with Crippen molar-refractivity contribution in [2.75, 3.05) is 5.32 Å². The summed E-state index contributed by atoms with van der Waals surface area (Å²) in [5.74, 6) is -1.07. The summed E-state index contributed by atoms with van der Waals surface area (Å²) in [6, 6.07) is 3.40. The average Bonchev–Trinajstić information content (AvgIpc) is 2.50. The van der Waals surface area contributed by atoms with Gasteiger partial charge in [-0.2, -0.15) is 0 Å². The summed E-state index contributed by atoms with van der Waals surface area (Å²) in [4.78, 5) is 21.5. The lowest BCUT2D eigenvalue weighted by molar-refractivity contribution is -0.137. The highest BCUT2D eigenvalue weighted by atomic mass is 35.5. The second-order valence-electron chi connectivity index (χ2n) is 2.90. The lowest BCUT2D eigenvalue weighted by Gasteiger charge is -2.00. The number of amides is 1. The van der Waals surface area contributed by atoms with Gasteiger partial charge in [-0.1, -0.05) is 11.6 Å². The number of rotatable bonds is 5. The molecule has 0 aliphatic carbocycles. The lowest BCUT2D eigenvalue weighted by atomic mass is 10.2. The molecule has 0 aromatic carbocycles. The molecular formula is C9H10ClNO3S. The highest BCUT2D eigenvalue weighted by Gasteiger charge is 2.05. The zero-order valence-electron chi connectivity index (χ0n) is 7.83. The number of carbonyl (C=O) groups excluding carboxylic acids is 1. The van der Waals surface area contributed by atoms with Crippen LogP contribution in [0.25, 0.3) is 0 Å². The van der Waals surface area contributed by atoms with Gasteiger partial charge in [0.15, 0.2) is 0 Å². The molecule has 1 heterocycles. The molecule has 0 bridgehead atoms. The van der Waals surface area contributed by atoms with Gasteiger partial charge in [-0.3, -0.25) is 9.59 Å². The van der Waals surface area contributed by atoms with Gasteiger partial charge in [-0.05, 0) is 18.6 Å². The van der Waals surface area contributed by atoms with Crippen molar-refractivity contribution in [3.63, 3.8) is 0 Å². The molecule has 1 aromatic heterocycles. The second-order valence-corrected chi connectivity index (χ2v) is 4.61. The number of hydrogen-bond donors (Lipinski definition) is 2. The van der Waals surface area contributed by atoms with Crippen LogP contribution in [0.15, 0.2) is 12.1 Å². The van der Waals surface area contributed by atoms with E-state index in [0.717, 1.165) is 0 Å². The quantitative estimate of drug-likeness (QED) is 0.841. The van der Waals surface area contributed by atoms with E-state index in [1.54, 1.807) is 12.1 Å². The minimum absolute atomic E-state index is 0.0125. The van der Waals surface area contributed by atoms with Crippen molar-refractivity contribution in [2.45, 2.75) is 19.3 Å². The number of thiophene rings is 1. The molecule has 1 amide bonds. The number of halogens is 1. The molecule has 0 saturated heterocycles. The van der Waals surface area contributed by atoms with E-state index in [4.69, 9.17) is 16.7 Å². The normalized spacial score (nSPS) is 9.93. The van der Waals surface area contributed by atoms with E-state index in [0.29, 0.717) is 15.8 Å². The zero-order chi connectivity index (χ0) is 11.3. The number of carboxylic acid groups (broad SMARTS) is 1. The minimum atomic E-state index is -0.887. The van der Waals surface area contributed by atoms with Crippen LogP contribution in [0.1, 0.15) is 19.3 Å². The van der Waals surface area contributed by atoms with E-state index in [9.17, 15) is 9.59 Å². The first-order chi connectivity index (χ1) is 7.08. The van der Waals surface area contributed by atoms with Crippen LogP contribution in [0.4, 0.5) is 5.00 Å². The maximum absolute atomic E-state index is 11.3. The first kappa shape index (κ1) is 12.0. The largest absolute Gasteiger partial charge is 0.481 e. The molecule has 6 heteroatoms. The Morgan fingerprint density at radius 2 is 2.13 bits per heavy atom. The van der Waals surface area contributed by atoms with Gasteiger partial charge < -0.3 is 10.4 Å². The van der Waals surface area contributed by atoms with Crippen LogP contribution in [0.5, 0.6) is 0 Å². The van der Waals surface area contributed by atoms with Gasteiger partial charge in [0, 0.05) is 12.8 Å². The van der Waals surface area contributed by atoms with Gasteiger partial charge in [0.05, 0.1) is 9.34 Å². The summed E-state index contributed by atoms with van der Waals surface area (Å²) < 4.78 is 0.607. The Morgan fingerprint density at radius 1 is 1.40 bits per heavy atom. The summed E-state index contributed by atoms with van der Waals surface area (Å²) >= 11 is 6.95. The fraction of sp³-hybridized carbons (Fsp3) is 0.333. The third kappa shape index (κ3) is 4.80. The van der Waals surface area contributed by atoms with E-state index < -0.39 is 5.97 Å². The molecule has 4 nitrogen and oxygen atoms in total. The van der Waals surface area contributed by atoms with Crippen molar-refractivity contribution in [2.24, 2.45) is 0 Å². The third-order valence-corrected chi connectivity index (χ3v) is 2.78. The van der Waals surface area contributed by atoms with Gasteiger partial charge in [-0.15, -0.1) is 11.3 Å². The van der Waals surface area contributed by atoms with Crippen molar-refractivity contribution in [3.05, 3.63) is 16.5 Å². The third-order valence-electron chi connectivity index (χ3n) is 1.63. The smallest absolute Gasteiger partial charge is 0.303 e. The zero-order valence-corrected chi connectivity index (χ0v) is 9.40. The van der Waals surface area contributed by atoms with Crippen LogP contribution in [0, 0.1) is 0 Å². The van der Waals surface area contributed by atoms with Crippen LogP contribution in [-0.2, 0) is 9.59 Å². The second kappa shape index (κ2) is 5.72. The highest BCUT2D eigenvalue weighted by Crippen LogP contribution is 2.26. The molecule has 0 radical (unpaired) electrons. The Bertz CT molecular complexity index is 364. The molecule has 0 saturated carbocycles. The fourth-order valence-electron chi connectivity index (χ4n) is 0.982. The van der Waals surface area contributed by atoms with Crippen LogP contribution >= 0.6 is 22.9 Å². The van der Waals surface area contributed by atoms with Gasteiger partial charge in [-0.25, -0.2) is 0 Å². The first-order valence-electron chi connectivity index (χ1n) is 4.35. The van der Waals surface area contributed by atoms with Crippen LogP contribution in [-0.4, -0.2) is 17.0 Å². The minimum Gasteiger partial charge on any atom is -0.481 e. The molecule has 1 aromatic rings. The molecule has 0 aliphatic rings. The van der Waals surface area contributed by atoms with Crippen molar-refractivity contribution in [1.82, 2.24) is 0 Å². The fourth-order valence-corrected chi connectivity index (χ4v) is 1.94. The van der Waals surface area contributed by atoms with Crippen LogP contribution in [0.3, 0.4) is 0 Å². The van der Waals surface area contributed by atoms with Crippen molar-refractivity contribution in [3.8, 4) is 0 Å². The van der Waals surface area contributed by atoms with Gasteiger partial charge in [0.2, 0.25) is 5.91 Å². The molecule has 0 unspecified atom stereocenters. The summed E-state index contributed by atoms with van der Waals surface area (Å²) in [7, 11) is 0. The summed E-state index contributed by atoms with van der Waals surface area (Å²) in [6.07, 6.45) is 0.570. The van der Waals surface area contributed by atoms with E-state index in [-0.39, 0.29) is 18.7 Å². The number of anilines is 1. The van der Waals surface area contributed by atoms with E-state index in [1.165, 1.54) is 11.3 Å². The Kier molecular flexibility index (Phi) is 4.58. The van der Waals surface area contributed by atoms with Crippen molar-refractivity contribution >= 4 is 39.8 Å². The standard InChI is InChI=1S/C9H10ClNO3S/c10-6-4-5-8(15-6)11-7(12)2-1-3-9(13)14/h4-5H,1-3H2,(H,11,12)(H,13,14). The van der Waals surface area contributed by atoms with E-state index in [2.05, 4.69) is 5.32 Å². The topological polar surface area (TPSA) is 66.4 Å². The Balaban J connectivity index is 2.27. The number of hydrogen-bond acceptors (Lipinski definition) is 3. The molecule has 15 heavy (non-hydrogen) atoms. The molecule has 0 spiro atoms.